The van der Waals surface area contributed by atoms with Crippen LogP contribution in [0.15, 0.2) is 22.7 Å². The molecule has 1 amide bonds. The van der Waals surface area contributed by atoms with E-state index in [1.165, 1.54) is 6.07 Å². The van der Waals surface area contributed by atoms with E-state index < -0.39 is 5.82 Å². The summed E-state index contributed by atoms with van der Waals surface area (Å²) in [6.45, 7) is 0. The van der Waals surface area contributed by atoms with Gasteiger partial charge in [-0.15, -0.1) is 0 Å². The molecule has 0 spiro atoms. The predicted octanol–water partition coefficient (Wildman–Crippen LogP) is 2.82. The molecule has 2 rings (SSSR count). The second-order valence-corrected chi connectivity index (χ2v) is 4.54. The van der Waals surface area contributed by atoms with Crippen LogP contribution >= 0.6 is 15.9 Å². The molecule has 1 aromatic rings. The summed E-state index contributed by atoms with van der Waals surface area (Å²) in [5.41, 5.74) is 0.393. The first-order valence-corrected chi connectivity index (χ1v) is 5.61. The lowest BCUT2D eigenvalue weighted by Gasteiger charge is -2.17. The average molecular weight is 272 g/mol. The molecule has 0 saturated heterocycles. The lowest BCUT2D eigenvalue weighted by atomic mass is 10.2. The maximum Gasteiger partial charge on any atom is 0.255 e. The number of nitrogens with zero attached hydrogens (tertiary/aromatic N) is 1. The lowest BCUT2D eigenvalue weighted by Crippen LogP contribution is -2.29. The van der Waals surface area contributed by atoms with Crippen LogP contribution in [-0.2, 0) is 0 Å². The predicted molar refractivity (Wildman–Crippen MR) is 59.2 cm³/mol. The van der Waals surface area contributed by atoms with Gasteiger partial charge in [-0.3, -0.25) is 4.79 Å². The number of hydrogen-bond donors (Lipinski definition) is 0. The molecule has 0 aromatic heterocycles. The molecule has 0 N–H and O–H groups in total. The van der Waals surface area contributed by atoms with Crippen molar-refractivity contribution in [1.29, 1.82) is 0 Å². The van der Waals surface area contributed by atoms with Gasteiger partial charge < -0.3 is 4.90 Å². The zero-order valence-corrected chi connectivity index (χ0v) is 9.92. The molecule has 4 heteroatoms. The zero-order valence-electron chi connectivity index (χ0n) is 8.34. The van der Waals surface area contributed by atoms with Crippen LogP contribution in [0.25, 0.3) is 0 Å². The summed E-state index contributed by atoms with van der Waals surface area (Å²) in [6.07, 6.45) is 2.10. The Balaban J connectivity index is 2.28. The molecular weight excluding hydrogens is 261 g/mol. The number of halogens is 2. The van der Waals surface area contributed by atoms with E-state index >= 15 is 0 Å². The van der Waals surface area contributed by atoms with E-state index in [1.54, 1.807) is 24.1 Å². The minimum atomic E-state index is -0.398. The highest BCUT2D eigenvalue weighted by atomic mass is 79.9. The quantitative estimate of drug-likeness (QED) is 0.810. The summed E-state index contributed by atoms with van der Waals surface area (Å²) in [5, 5.41) is 0. The van der Waals surface area contributed by atoms with Gasteiger partial charge in [0.05, 0.1) is 10.0 Å². The maximum absolute atomic E-state index is 13.2. The Kier molecular flexibility index (Phi) is 2.78. The summed E-state index contributed by atoms with van der Waals surface area (Å²) in [7, 11) is 1.76. The van der Waals surface area contributed by atoms with Crippen molar-refractivity contribution in [1.82, 2.24) is 4.90 Å². The normalized spacial score (nSPS) is 15.1. The van der Waals surface area contributed by atoms with Gasteiger partial charge in [-0.1, -0.05) is 6.07 Å². The third-order valence-electron chi connectivity index (χ3n) is 2.60. The van der Waals surface area contributed by atoms with Gasteiger partial charge in [0, 0.05) is 13.1 Å². The largest absolute Gasteiger partial charge is 0.339 e. The standard InChI is InChI=1S/C11H11BrFNO/c1-14(7-5-6-7)11(15)8-3-2-4-9(13)10(8)12/h2-4,7H,5-6H2,1H3. The molecule has 1 aliphatic carbocycles. The van der Waals surface area contributed by atoms with Crippen molar-refractivity contribution >= 4 is 21.8 Å². The molecule has 1 saturated carbocycles. The van der Waals surface area contributed by atoms with Gasteiger partial charge in [0.15, 0.2) is 0 Å². The van der Waals surface area contributed by atoms with Gasteiger partial charge in [0.1, 0.15) is 5.82 Å². The fraction of sp³-hybridized carbons (Fsp3) is 0.364. The third-order valence-corrected chi connectivity index (χ3v) is 3.40. The Bertz CT molecular complexity index is 404. The molecule has 1 aromatic carbocycles. The van der Waals surface area contributed by atoms with Crippen LogP contribution in [-0.4, -0.2) is 23.9 Å². The van der Waals surface area contributed by atoms with E-state index in [2.05, 4.69) is 15.9 Å². The van der Waals surface area contributed by atoms with Crippen LogP contribution in [0.4, 0.5) is 4.39 Å². The fourth-order valence-electron chi connectivity index (χ4n) is 1.49. The number of carbonyl (C=O) groups excluding carboxylic acids is 1. The molecule has 0 atom stereocenters. The smallest absolute Gasteiger partial charge is 0.255 e. The molecule has 80 valence electrons. The van der Waals surface area contributed by atoms with Crippen LogP contribution in [0.5, 0.6) is 0 Å². The Labute approximate surface area is 96.2 Å². The highest BCUT2D eigenvalue weighted by Gasteiger charge is 2.31. The van der Waals surface area contributed by atoms with Crippen molar-refractivity contribution in [2.24, 2.45) is 0 Å². The summed E-state index contributed by atoms with van der Waals surface area (Å²) in [5.74, 6) is -0.520. The third kappa shape index (κ3) is 2.04. The van der Waals surface area contributed by atoms with E-state index in [0.29, 0.717) is 11.6 Å². The lowest BCUT2D eigenvalue weighted by molar-refractivity contribution is 0.0783. The number of rotatable bonds is 2. The molecule has 0 radical (unpaired) electrons. The SMILES string of the molecule is CN(C(=O)c1cccc(F)c1Br)C1CC1. The number of benzene rings is 1. The minimum absolute atomic E-state index is 0.121. The molecule has 1 fully saturated rings. The van der Waals surface area contributed by atoms with Gasteiger partial charge in [-0.25, -0.2) is 4.39 Å². The molecule has 2 nitrogen and oxygen atoms in total. The molecule has 0 bridgehead atoms. The summed E-state index contributed by atoms with van der Waals surface area (Å²) >= 11 is 3.10. The number of hydrogen-bond acceptors (Lipinski definition) is 1. The van der Waals surface area contributed by atoms with Crippen molar-refractivity contribution in [3.8, 4) is 0 Å². The monoisotopic (exact) mass is 271 g/mol. The van der Waals surface area contributed by atoms with E-state index in [1.807, 2.05) is 0 Å². The van der Waals surface area contributed by atoms with Crippen LogP contribution < -0.4 is 0 Å². The Hall–Kier alpha value is -0.900. The van der Waals surface area contributed by atoms with E-state index in [0.717, 1.165) is 12.8 Å². The van der Waals surface area contributed by atoms with Crippen LogP contribution in [0.1, 0.15) is 23.2 Å². The Morgan fingerprint density at radius 2 is 2.20 bits per heavy atom. The molecule has 0 heterocycles. The van der Waals surface area contributed by atoms with Crippen molar-refractivity contribution in [2.75, 3.05) is 7.05 Å². The van der Waals surface area contributed by atoms with Crippen molar-refractivity contribution < 1.29 is 9.18 Å². The van der Waals surface area contributed by atoms with Crippen molar-refractivity contribution in [3.63, 3.8) is 0 Å². The second-order valence-electron chi connectivity index (χ2n) is 3.75. The first-order chi connectivity index (χ1) is 7.11. The first-order valence-electron chi connectivity index (χ1n) is 4.82. The average Bonchev–Trinajstić information content (AvgIpc) is 3.03. The Morgan fingerprint density at radius 3 is 2.80 bits per heavy atom. The molecule has 1 aliphatic rings. The Morgan fingerprint density at radius 1 is 1.53 bits per heavy atom. The fourth-order valence-corrected chi connectivity index (χ4v) is 1.92. The summed E-state index contributed by atoms with van der Waals surface area (Å²) < 4.78 is 13.5. The molecule has 15 heavy (non-hydrogen) atoms. The van der Waals surface area contributed by atoms with Crippen LogP contribution in [0.3, 0.4) is 0 Å². The van der Waals surface area contributed by atoms with E-state index in [9.17, 15) is 9.18 Å². The minimum Gasteiger partial charge on any atom is -0.339 e. The summed E-state index contributed by atoms with van der Waals surface area (Å²) in [6, 6.07) is 4.85. The maximum atomic E-state index is 13.2. The number of carbonyl (C=O) groups is 1. The van der Waals surface area contributed by atoms with Crippen molar-refractivity contribution in [3.05, 3.63) is 34.1 Å². The highest BCUT2D eigenvalue weighted by molar-refractivity contribution is 9.10. The summed E-state index contributed by atoms with van der Waals surface area (Å²) in [4.78, 5) is 13.6. The number of amides is 1. The van der Waals surface area contributed by atoms with E-state index in [-0.39, 0.29) is 10.4 Å². The van der Waals surface area contributed by atoms with Gasteiger partial charge in [-0.2, -0.15) is 0 Å². The molecular formula is C11H11BrFNO. The van der Waals surface area contributed by atoms with Gasteiger partial charge in [0.25, 0.3) is 5.91 Å². The van der Waals surface area contributed by atoms with Gasteiger partial charge >= 0.3 is 0 Å². The van der Waals surface area contributed by atoms with Gasteiger partial charge in [-0.05, 0) is 40.9 Å². The highest BCUT2D eigenvalue weighted by Crippen LogP contribution is 2.29. The van der Waals surface area contributed by atoms with Crippen LogP contribution in [0.2, 0.25) is 0 Å². The van der Waals surface area contributed by atoms with Crippen LogP contribution in [0, 0.1) is 5.82 Å². The molecule has 0 unspecified atom stereocenters. The second kappa shape index (κ2) is 3.93. The zero-order chi connectivity index (χ0) is 11.0. The van der Waals surface area contributed by atoms with E-state index in [4.69, 9.17) is 0 Å². The topological polar surface area (TPSA) is 20.3 Å². The van der Waals surface area contributed by atoms with Crippen molar-refractivity contribution in [2.45, 2.75) is 18.9 Å². The van der Waals surface area contributed by atoms with Gasteiger partial charge in [0.2, 0.25) is 0 Å². The first kappa shape index (κ1) is 10.6. The molecule has 0 aliphatic heterocycles.